The summed E-state index contributed by atoms with van der Waals surface area (Å²) in [6.07, 6.45) is 53.6. The summed E-state index contributed by atoms with van der Waals surface area (Å²) in [5.74, 6) is -0.406. The van der Waals surface area contributed by atoms with E-state index in [-0.39, 0.29) is 19.6 Å². The highest BCUT2D eigenvalue weighted by Crippen LogP contribution is 2.26. The van der Waals surface area contributed by atoms with Crippen molar-refractivity contribution in [2.24, 2.45) is 0 Å². The highest BCUT2D eigenvalue weighted by Gasteiger charge is 2.48. The van der Waals surface area contributed by atoms with Crippen LogP contribution in [0.1, 0.15) is 219 Å². The van der Waals surface area contributed by atoms with Gasteiger partial charge in [-0.2, -0.15) is 8.42 Å². The lowest BCUT2D eigenvalue weighted by Crippen LogP contribution is -2.60. The molecule has 0 saturated carbocycles. The number of esters is 1. The van der Waals surface area contributed by atoms with Gasteiger partial charge >= 0.3 is 16.4 Å². The van der Waals surface area contributed by atoms with Gasteiger partial charge in [0.1, 0.15) is 30.5 Å². The van der Waals surface area contributed by atoms with Gasteiger partial charge in [-0.25, -0.2) is 4.18 Å². The molecule has 1 rings (SSSR count). The van der Waals surface area contributed by atoms with Gasteiger partial charge < -0.3 is 34.3 Å². The molecule has 4 N–H and O–H groups in total. The molecule has 0 amide bonds. The molecule has 0 aliphatic carbocycles. The minimum absolute atomic E-state index is 0.0249. The monoisotopic (exact) mass is 1010 g/mol. The topological polar surface area (TPSA) is 178 Å². The Balaban J connectivity index is 2.33. The number of hydrogen-bond acceptors (Lipinski definition) is 11. The minimum atomic E-state index is -5.07. The van der Waals surface area contributed by atoms with Gasteiger partial charge in [0.2, 0.25) is 0 Å². The van der Waals surface area contributed by atoms with Gasteiger partial charge in [0.05, 0.1) is 19.8 Å². The molecular weight excluding hydrogens is 909 g/mol. The average molecular weight is 1010 g/mol. The number of rotatable bonds is 48. The zero-order chi connectivity index (χ0) is 51.0. The second-order valence-electron chi connectivity index (χ2n) is 18.8. The van der Waals surface area contributed by atoms with Crippen LogP contribution in [0.25, 0.3) is 0 Å². The molecule has 1 saturated heterocycles. The van der Waals surface area contributed by atoms with Crippen molar-refractivity contribution in [2.75, 3.05) is 26.4 Å². The number of hydrogen-bond donors (Lipinski definition) is 4. The summed E-state index contributed by atoms with van der Waals surface area (Å²) in [7, 11) is -5.07. The number of aliphatic hydroxyl groups is 3. The SMILES string of the molecule is CC/C=C\C/C=C\C/C=C\C/C=C\CCCCCCCCCOCC(COC1OC(CO)C(O)C(OS(=O)(=O)O)C1O)OC(=O)CCCCCCCCCCCCC/C=C\C/C=C\CCCCCCC. The van der Waals surface area contributed by atoms with E-state index < -0.39 is 59.8 Å². The van der Waals surface area contributed by atoms with Crippen molar-refractivity contribution < 1.29 is 56.2 Å². The highest BCUT2D eigenvalue weighted by molar-refractivity contribution is 7.80. The smallest absolute Gasteiger partial charge is 0.397 e. The zero-order valence-electron chi connectivity index (χ0n) is 43.8. The molecule has 0 bridgehead atoms. The molecule has 1 aliphatic rings. The second-order valence-corrected chi connectivity index (χ2v) is 19.8. The number of allylic oxidation sites excluding steroid dienone is 12. The zero-order valence-corrected chi connectivity index (χ0v) is 44.6. The molecule has 6 unspecified atom stereocenters. The van der Waals surface area contributed by atoms with Crippen LogP contribution in [0.2, 0.25) is 0 Å². The fourth-order valence-corrected chi connectivity index (χ4v) is 8.67. The normalized spacial score (nSPS) is 19.7. The van der Waals surface area contributed by atoms with Crippen LogP contribution in [-0.2, 0) is 38.3 Å². The number of ether oxygens (including phenoxy) is 4. The molecule has 0 spiro atoms. The fraction of sp³-hybridized carbons (Fsp3) is 0.772. The lowest BCUT2D eigenvalue weighted by molar-refractivity contribution is -0.301. The Labute approximate surface area is 426 Å². The van der Waals surface area contributed by atoms with Crippen LogP contribution >= 0.6 is 0 Å². The van der Waals surface area contributed by atoms with Gasteiger partial charge in [-0.15, -0.1) is 0 Å². The maximum atomic E-state index is 12.9. The summed E-state index contributed by atoms with van der Waals surface area (Å²) in [5, 5.41) is 30.8. The number of aliphatic hydroxyl groups excluding tert-OH is 3. The van der Waals surface area contributed by atoms with Crippen molar-refractivity contribution in [3.8, 4) is 0 Å². The first-order chi connectivity index (χ1) is 34.1. The van der Waals surface area contributed by atoms with Crippen LogP contribution < -0.4 is 0 Å². The van der Waals surface area contributed by atoms with Crippen molar-refractivity contribution in [2.45, 2.75) is 256 Å². The second kappa shape index (κ2) is 47.5. The van der Waals surface area contributed by atoms with Crippen LogP contribution in [0.5, 0.6) is 0 Å². The molecule has 1 aliphatic heterocycles. The van der Waals surface area contributed by atoms with Crippen molar-refractivity contribution in [1.29, 1.82) is 0 Å². The molecule has 12 nitrogen and oxygen atoms in total. The van der Waals surface area contributed by atoms with Gasteiger partial charge in [-0.1, -0.05) is 202 Å². The number of unbranched alkanes of at least 4 members (excludes halogenated alkanes) is 23. The molecule has 0 aromatic carbocycles. The van der Waals surface area contributed by atoms with E-state index in [0.29, 0.717) is 13.0 Å². The van der Waals surface area contributed by atoms with Crippen molar-refractivity contribution >= 4 is 16.4 Å². The van der Waals surface area contributed by atoms with Crippen LogP contribution in [0.4, 0.5) is 0 Å². The van der Waals surface area contributed by atoms with E-state index in [0.717, 1.165) is 83.5 Å². The first kappa shape index (κ1) is 65.6. The largest absolute Gasteiger partial charge is 0.457 e. The lowest BCUT2D eigenvalue weighted by atomic mass is 9.99. The average Bonchev–Trinajstić information content (AvgIpc) is 3.34. The van der Waals surface area contributed by atoms with Gasteiger partial charge in [0.15, 0.2) is 6.29 Å². The fourth-order valence-electron chi connectivity index (χ4n) is 8.17. The summed E-state index contributed by atoms with van der Waals surface area (Å²) in [5.41, 5.74) is 0. The van der Waals surface area contributed by atoms with E-state index in [2.05, 4.69) is 90.9 Å². The molecule has 13 heteroatoms. The van der Waals surface area contributed by atoms with E-state index in [4.69, 9.17) is 18.9 Å². The Hall–Kier alpha value is -2.46. The quantitative estimate of drug-likeness (QED) is 0.0197. The molecule has 6 atom stereocenters. The maximum Gasteiger partial charge on any atom is 0.397 e. The third kappa shape index (κ3) is 40.1. The molecule has 0 radical (unpaired) electrons. The summed E-state index contributed by atoms with van der Waals surface area (Å²) in [6, 6.07) is 0. The minimum Gasteiger partial charge on any atom is -0.457 e. The first-order valence-corrected chi connectivity index (χ1v) is 29.1. The summed E-state index contributed by atoms with van der Waals surface area (Å²) < 4.78 is 59.4. The summed E-state index contributed by atoms with van der Waals surface area (Å²) in [6.45, 7) is 3.86. The van der Waals surface area contributed by atoms with Crippen molar-refractivity contribution in [1.82, 2.24) is 0 Å². The van der Waals surface area contributed by atoms with Gasteiger partial charge in [-0.3, -0.25) is 9.35 Å². The maximum absolute atomic E-state index is 12.9. The summed E-state index contributed by atoms with van der Waals surface area (Å²) >= 11 is 0. The molecule has 0 aromatic rings. The van der Waals surface area contributed by atoms with Gasteiger partial charge in [0.25, 0.3) is 0 Å². The Morgan fingerprint density at radius 1 is 0.557 bits per heavy atom. The van der Waals surface area contributed by atoms with Crippen LogP contribution in [0, 0.1) is 0 Å². The number of carbonyl (C=O) groups excluding carboxylic acids is 1. The van der Waals surface area contributed by atoms with Crippen molar-refractivity contribution in [3.63, 3.8) is 0 Å². The van der Waals surface area contributed by atoms with E-state index in [9.17, 15) is 33.1 Å². The third-order valence-electron chi connectivity index (χ3n) is 12.3. The standard InChI is InChI=1S/C57H100O12S/c1-3-5-7-9-11-13-15-17-19-21-23-25-26-27-28-30-32-34-36-38-40-42-44-46-53(59)67-51(50-66-57-55(61)56(69-70(62,63)64)54(60)52(48-58)68-57)49-65-47-45-43-41-39-37-35-33-31-29-24-22-20-18-16-14-12-10-8-6-4-2/h6,8,12,14-15,17-18,20-21,23-24,29,51-52,54-58,60-61H,3-5,7,9-11,13,16,19,22,25-28,30-50H2,1-2H3,(H,62,63,64)/b8-6-,14-12-,17-15-,20-18-,23-21-,29-24-. The van der Waals surface area contributed by atoms with E-state index in [1.54, 1.807) is 0 Å². The first-order valence-electron chi connectivity index (χ1n) is 27.7. The van der Waals surface area contributed by atoms with Crippen LogP contribution in [0.3, 0.4) is 0 Å². The molecule has 70 heavy (non-hydrogen) atoms. The Bertz CT molecular complexity index is 1490. The summed E-state index contributed by atoms with van der Waals surface area (Å²) in [4.78, 5) is 12.9. The van der Waals surface area contributed by atoms with Crippen molar-refractivity contribution in [3.05, 3.63) is 72.9 Å². The van der Waals surface area contributed by atoms with E-state index in [1.807, 2.05) is 0 Å². The molecule has 406 valence electrons. The van der Waals surface area contributed by atoms with Gasteiger partial charge in [-0.05, 0) is 83.5 Å². The molecule has 1 fully saturated rings. The number of carbonyl (C=O) groups is 1. The predicted octanol–water partition coefficient (Wildman–Crippen LogP) is 13.4. The third-order valence-corrected chi connectivity index (χ3v) is 12.8. The van der Waals surface area contributed by atoms with Crippen LogP contribution in [-0.4, -0.2) is 97.5 Å². The van der Waals surface area contributed by atoms with Gasteiger partial charge in [0, 0.05) is 13.0 Å². The Morgan fingerprint density at radius 2 is 0.986 bits per heavy atom. The van der Waals surface area contributed by atoms with E-state index >= 15 is 0 Å². The van der Waals surface area contributed by atoms with E-state index in [1.165, 1.54) is 109 Å². The van der Waals surface area contributed by atoms with Crippen LogP contribution in [0.15, 0.2) is 72.9 Å². The molecule has 0 aromatic heterocycles. The molecular formula is C57H100O12S. The highest BCUT2D eigenvalue weighted by atomic mass is 32.3. The molecule has 1 heterocycles. The predicted molar refractivity (Wildman–Crippen MR) is 285 cm³/mol. The Kier molecular flexibility index (Phi) is 44.5. The Morgan fingerprint density at radius 3 is 1.44 bits per heavy atom. The lowest BCUT2D eigenvalue weighted by Gasteiger charge is -2.41.